The minimum atomic E-state index is -0.646. The molecule has 0 unspecified atom stereocenters. The number of benzene rings is 2. The molecule has 0 amide bonds. The molecule has 2 aromatic heterocycles. The Kier molecular flexibility index (Phi) is 6.62. The molecule has 4 rings (SSSR count). The number of imidazole rings is 1. The van der Waals surface area contributed by atoms with Crippen molar-refractivity contribution in [3.8, 4) is 11.8 Å². The van der Waals surface area contributed by atoms with E-state index in [1.807, 2.05) is 30.3 Å². The topological polar surface area (TPSA) is 80.3 Å². The number of aryl methyl sites for hydroxylation is 1. The predicted molar refractivity (Wildman–Crippen MR) is 123 cm³/mol. The normalized spacial score (nSPS) is 11.3. The van der Waals surface area contributed by atoms with Gasteiger partial charge < -0.3 is 9.47 Å². The standard InChI is InChI=1S/C23H22ClFN4O4/c1-27-20-19(21(30)28(23(27)31)11-6-12-32-2)29(14-15-7-4-3-5-8-15)22(26-20)33-16-9-10-17(24)18(25)13-16/h3-5,7-10,13H,6,11-12,14H2,1-2H3. The van der Waals surface area contributed by atoms with Crippen molar-refractivity contribution in [1.82, 2.24) is 18.7 Å². The zero-order valence-electron chi connectivity index (χ0n) is 18.1. The Balaban J connectivity index is 1.90. The van der Waals surface area contributed by atoms with Crippen LogP contribution in [0.5, 0.6) is 11.8 Å². The van der Waals surface area contributed by atoms with Crippen LogP contribution in [0.15, 0.2) is 58.1 Å². The number of ether oxygens (including phenoxy) is 2. The van der Waals surface area contributed by atoms with E-state index in [4.69, 9.17) is 21.1 Å². The third-order valence-electron chi connectivity index (χ3n) is 5.21. The first-order valence-electron chi connectivity index (χ1n) is 10.3. The van der Waals surface area contributed by atoms with E-state index in [9.17, 15) is 14.0 Å². The van der Waals surface area contributed by atoms with Gasteiger partial charge in [-0.15, -0.1) is 0 Å². The Bertz CT molecular complexity index is 1410. The van der Waals surface area contributed by atoms with E-state index < -0.39 is 17.1 Å². The lowest BCUT2D eigenvalue weighted by molar-refractivity contribution is 0.189. The summed E-state index contributed by atoms with van der Waals surface area (Å²) in [6.07, 6.45) is 0.497. The van der Waals surface area contributed by atoms with Gasteiger partial charge in [0.25, 0.3) is 5.56 Å². The van der Waals surface area contributed by atoms with Gasteiger partial charge >= 0.3 is 11.7 Å². The molecule has 0 radical (unpaired) electrons. The maximum atomic E-state index is 14.0. The van der Waals surface area contributed by atoms with Crippen molar-refractivity contribution >= 4 is 22.8 Å². The van der Waals surface area contributed by atoms with Gasteiger partial charge in [0.05, 0.1) is 11.6 Å². The van der Waals surface area contributed by atoms with Crippen LogP contribution in [0.25, 0.3) is 11.2 Å². The summed E-state index contributed by atoms with van der Waals surface area (Å²) in [5.41, 5.74) is 0.307. The van der Waals surface area contributed by atoms with Gasteiger partial charge in [-0.25, -0.2) is 9.18 Å². The van der Waals surface area contributed by atoms with Crippen LogP contribution in [-0.2, 0) is 24.9 Å². The molecule has 4 aromatic rings. The van der Waals surface area contributed by atoms with Gasteiger partial charge in [0.1, 0.15) is 11.6 Å². The van der Waals surface area contributed by atoms with E-state index in [-0.39, 0.29) is 41.0 Å². The van der Waals surface area contributed by atoms with E-state index in [0.29, 0.717) is 13.0 Å². The van der Waals surface area contributed by atoms with Crippen LogP contribution in [0.4, 0.5) is 4.39 Å². The van der Waals surface area contributed by atoms with Gasteiger partial charge in [0.15, 0.2) is 11.2 Å². The SMILES string of the molecule is COCCCn1c(=O)c2c(nc(Oc3ccc(Cl)c(F)c3)n2Cc2ccccc2)n(C)c1=O. The van der Waals surface area contributed by atoms with E-state index >= 15 is 0 Å². The third-order valence-corrected chi connectivity index (χ3v) is 5.52. The second kappa shape index (κ2) is 9.60. The van der Waals surface area contributed by atoms with Crippen molar-refractivity contribution in [1.29, 1.82) is 0 Å². The lowest BCUT2D eigenvalue weighted by Crippen LogP contribution is -2.40. The lowest BCUT2D eigenvalue weighted by Gasteiger charge is -2.11. The molecule has 33 heavy (non-hydrogen) atoms. The Hall–Kier alpha value is -3.43. The molecule has 0 saturated heterocycles. The van der Waals surface area contributed by atoms with Crippen LogP contribution in [0.3, 0.4) is 0 Å². The maximum absolute atomic E-state index is 14.0. The van der Waals surface area contributed by atoms with Crippen LogP contribution in [0.1, 0.15) is 12.0 Å². The number of hydrogen-bond acceptors (Lipinski definition) is 5. The van der Waals surface area contributed by atoms with Gasteiger partial charge in [-0.3, -0.25) is 18.5 Å². The van der Waals surface area contributed by atoms with Gasteiger partial charge in [-0.05, 0) is 24.1 Å². The fraction of sp³-hybridized carbons (Fsp3) is 0.261. The molecule has 0 aliphatic heterocycles. The molecule has 0 atom stereocenters. The largest absolute Gasteiger partial charge is 0.425 e. The van der Waals surface area contributed by atoms with Gasteiger partial charge in [0.2, 0.25) is 0 Å². The molecule has 8 nitrogen and oxygen atoms in total. The summed E-state index contributed by atoms with van der Waals surface area (Å²) in [7, 11) is 3.10. The van der Waals surface area contributed by atoms with Crippen molar-refractivity contribution < 1.29 is 13.9 Å². The zero-order valence-corrected chi connectivity index (χ0v) is 18.9. The molecule has 0 spiro atoms. The highest BCUT2D eigenvalue weighted by atomic mass is 35.5. The van der Waals surface area contributed by atoms with Crippen LogP contribution in [0, 0.1) is 5.82 Å². The third kappa shape index (κ3) is 4.55. The average molecular weight is 473 g/mol. The first-order chi connectivity index (χ1) is 15.9. The van der Waals surface area contributed by atoms with Crippen LogP contribution >= 0.6 is 11.6 Å². The fourth-order valence-electron chi connectivity index (χ4n) is 3.55. The molecule has 2 aromatic carbocycles. The Morgan fingerprint density at radius 1 is 1.09 bits per heavy atom. The second-order valence-corrected chi connectivity index (χ2v) is 7.87. The highest BCUT2D eigenvalue weighted by molar-refractivity contribution is 6.30. The van der Waals surface area contributed by atoms with Crippen LogP contribution < -0.4 is 16.0 Å². The summed E-state index contributed by atoms with van der Waals surface area (Å²) in [5.74, 6) is -0.486. The van der Waals surface area contributed by atoms with Crippen molar-refractivity contribution in [3.63, 3.8) is 0 Å². The quantitative estimate of drug-likeness (QED) is 0.366. The summed E-state index contributed by atoms with van der Waals surface area (Å²) in [6.45, 7) is 0.867. The minimum absolute atomic E-state index is 0.0403. The summed E-state index contributed by atoms with van der Waals surface area (Å²) in [6, 6.07) is 13.5. The highest BCUT2D eigenvalue weighted by Gasteiger charge is 2.22. The number of methoxy groups -OCH3 is 1. The minimum Gasteiger partial charge on any atom is -0.425 e. The molecule has 0 aliphatic rings. The molecule has 2 heterocycles. The second-order valence-electron chi connectivity index (χ2n) is 7.46. The summed E-state index contributed by atoms with van der Waals surface area (Å²) in [4.78, 5) is 30.7. The van der Waals surface area contributed by atoms with Crippen molar-refractivity contribution in [2.45, 2.75) is 19.5 Å². The van der Waals surface area contributed by atoms with Crippen LogP contribution in [-0.4, -0.2) is 32.4 Å². The van der Waals surface area contributed by atoms with E-state index in [0.717, 1.165) is 16.2 Å². The van der Waals surface area contributed by atoms with Crippen molar-refractivity contribution in [2.24, 2.45) is 7.05 Å². The number of fused-ring (bicyclic) bond motifs is 1. The highest BCUT2D eigenvalue weighted by Crippen LogP contribution is 2.27. The number of hydrogen-bond donors (Lipinski definition) is 0. The molecule has 0 N–H and O–H groups in total. The molecular formula is C23H22ClFN4O4. The predicted octanol–water partition coefficient (Wildman–Crippen LogP) is 3.57. The average Bonchev–Trinajstić information content (AvgIpc) is 3.16. The molecule has 0 bridgehead atoms. The molecule has 172 valence electrons. The number of aromatic nitrogens is 4. The van der Waals surface area contributed by atoms with Crippen molar-refractivity contribution in [3.05, 3.63) is 85.8 Å². The number of rotatable bonds is 8. The first kappa shape index (κ1) is 22.8. The fourth-order valence-corrected chi connectivity index (χ4v) is 3.67. The molecule has 0 aliphatic carbocycles. The van der Waals surface area contributed by atoms with E-state index in [2.05, 4.69) is 4.98 Å². The Morgan fingerprint density at radius 3 is 2.55 bits per heavy atom. The summed E-state index contributed by atoms with van der Waals surface area (Å²) in [5, 5.41) is -0.0403. The molecule has 10 heteroatoms. The van der Waals surface area contributed by atoms with Gasteiger partial charge in [0, 0.05) is 33.4 Å². The monoisotopic (exact) mass is 472 g/mol. The molecule has 0 saturated carbocycles. The van der Waals surface area contributed by atoms with Gasteiger partial charge in [-0.2, -0.15) is 4.98 Å². The summed E-state index contributed by atoms with van der Waals surface area (Å²) >= 11 is 5.77. The van der Waals surface area contributed by atoms with Crippen LogP contribution in [0.2, 0.25) is 5.02 Å². The summed E-state index contributed by atoms with van der Waals surface area (Å²) < 4.78 is 28.9. The number of halogens is 2. The van der Waals surface area contributed by atoms with E-state index in [1.54, 1.807) is 18.7 Å². The van der Waals surface area contributed by atoms with Crippen molar-refractivity contribution in [2.75, 3.05) is 13.7 Å². The molecule has 0 fully saturated rings. The van der Waals surface area contributed by atoms with Gasteiger partial charge in [-0.1, -0.05) is 41.9 Å². The molecular weight excluding hydrogens is 451 g/mol. The smallest absolute Gasteiger partial charge is 0.332 e. The van der Waals surface area contributed by atoms with E-state index in [1.165, 1.54) is 16.7 Å². The maximum Gasteiger partial charge on any atom is 0.332 e. The lowest BCUT2D eigenvalue weighted by atomic mass is 10.2. The first-order valence-corrected chi connectivity index (χ1v) is 10.6. The Labute approximate surface area is 193 Å². The Morgan fingerprint density at radius 2 is 1.85 bits per heavy atom. The zero-order chi connectivity index (χ0) is 23.5. The number of nitrogens with zero attached hydrogens (tertiary/aromatic N) is 4.